The van der Waals surface area contributed by atoms with E-state index < -0.39 is 11.4 Å². The lowest BCUT2D eigenvalue weighted by molar-refractivity contribution is -0.122. The first kappa shape index (κ1) is 14.9. The maximum absolute atomic E-state index is 12.1. The standard InChI is InChI=1S/C17H20N2O2/c1-3-17(16(18)20,13-7-5-4-6-8-13)19-14-9-11-15(21-2)12-10-14/h4-12,19H,3H2,1-2H3,(H2,18,20). The zero-order chi connectivity index (χ0) is 15.3. The Balaban J connectivity index is 2.38. The van der Waals surface area contributed by atoms with Crippen molar-refractivity contribution in [1.29, 1.82) is 0 Å². The summed E-state index contributed by atoms with van der Waals surface area (Å²) in [5, 5.41) is 3.28. The molecule has 0 radical (unpaired) electrons. The molecule has 0 fully saturated rings. The van der Waals surface area contributed by atoms with Gasteiger partial charge in [-0.3, -0.25) is 4.79 Å². The Morgan fingerprint density at radius 2 is 1.76 bits per heavy atom. The monoisotopic (exact) mass is 284 g/mol. The Labute approximate surface area is 124 Å². The minimum atomic E-state index is -0.921. The lowest BCUT2D eigenvalue weighted by Crippen LogP contribution is -2.47. The molecule has 0 aromatic heterocycles. The highest BCUT2D eigenvalue weighted by molar-refractivity contribution is 5.89. The van der Waals surface area contributed by atoms with Crippen molar-refractivity contribution in [3.8, 4) is 5.75 Å². The van der Waals surface area contributed by atoms with Crippen molar-refractivity contribution < 1.29 is 9.53 Å². The number of nitrogens with one attached hydrogen (secondary N) is 1. The molecule has 1 amide bonds. The van der Waals surface area contributed by atoms with Crippen LogP contribution in [-0.2, 0) is 10.3 Å². The fourth-order valence-corrected chi connectivity index (χ4v) is 2.39. The summed E-state index contributed by atoms with van der Waals surface area (Å²) in [5.41, 5.74) is 6.45. The van der Waals surface area contributed by atoms with E-state index in [9.17, 15) is 4.79 Å². The molecule has 0 saturated carbocycles. The number of hydrogen-bond acceptors (Lipinski definition) is 3. The van der Waals surface area contributed by atoms with E-state index in [2.05, 4.69) is 5.32 Å². The normalized spacial score (nSPS) is 13.2. The largest absolute Gasteiger partial charge is 0.497 e. The van der Waals surface area contributed by atoms with Gasteiger partial charge in [0.15, 0.2) is 0 Å². The third-order valence-corrected chi connectivity index (χ3v) is 3.67. The smallest absolute Gasteiger partial charge is 0.247 e. The van der Waals surface area contributed by atoms with Crippen molar-refractivity contribution in [1.82, 2.24) is 0 Å². The maximum Gasteiger partial charge on any atom is 0.247 e. The van der Waals surface area contributed by atoms with Gasteiger partial charge in [0.05, 0.1) is 7.11 Å². The second-order valence-electron chi connectivity index (χ2n) is 4.84. The molecule has 0 bridgehead atoms. The summed E-state index contributed by atoms with van der Waals surface area (Å²) < 4.78 is 5.14. The number of carbonyl (C=O) groups is 1. The molecule has 0 aliphatic heterocycles. The molecule has 1 unspecified atom stereocenters. The van der Waals surface area contributed by atoms with Crippen LogP contribution in [0.1, 0.15) is 18.9 Å². The van der Waals surface area contributed by atoms with Gasteiger partial charge in [0.2, 0.25) is 5.91 Å². The van der Waals surface area contributed by atoms with Crippen molar-refractivity contribution in [2.24, 2.45) is 5.73 Å². The summed E-state index contributed by atoms with van der Waals surface area (Å²) >= 11 is 0. The number of carbonyl (C=O) groups excluding carboxylic acids is 1. The molecule has 0 heterocycles. The Bertz CT molecular complexity index is 596. The molecular weight excluding hydrogens is 264 g/mol. The van der Waals surface area contributed by atoms with E-state index in [0.29, 0.717) is 6.42 Å². The van der Waals surface area contributed by atoms with E-state index >= 15 is 0 Å². The van der Waals surface area contributed by atoms with Crippen LogP contribution in [0.15, 0.2) is 54.6 Å². The topological polar surface area (TPSA) is 64.3 Å². The van der Waals surface area contributed by atoms with Crippen LogP contribution in [0.4, 0.5) is 5.69 Å². The van der Waals surface area contributed by atoms with Crippen LogP contribution < -0.4 is 15.8 Å². The fraction of sp³-hybridized carbons (Fsp3) is 0.235. The molecule has 0 aliphatic carbocycles. The zero-order valence-electron chi connectivity index (χ0n) is 12.3. The summed E-state index contributed by atoms with van der Waals surface area (Å²) in [6, 6.07) is 17.0. The van der Waals surface area contributed by atoms with Crippen molar-refractivity contribution >= 4 is 11.6 Å². The molecule has 1 atom stereocenters. The van der Waals surface area contributed by atoms with Crippen LogP contribution >= 0.6 is 0 Å². The Morgan fingerprint density at radius 1 is 1.14 bits per heavy atom. The number of ether oxygens (including phenoxy) is 1. The van der Waals surface area contributed by atoms with Crippen molar-refractivity contribution in [3.05, 3.63) is 60.2 Å². The molecule has 21 heavy (non-hydrogen) atoms. The third kappa shape index (κ3) is 2.99. The van der Waals surface area contributed by atoms with Gasteiger partial charge in [0.1, 0.15) is 11.3 Å². The van der Waals surface area contributed by atoms with E-state index in [1.807, 2.05) is 61.5 Å². The van der Waals surface area contributed by atoms with Crippen LogP contribution in [0.25, 0.3) is 0 Å². The van der Waals surface area contributed by atoms with Crippen LogP contribution in [0.5, 0.6) is 5.75 Å². The molecule has 2 rings (SSSR count). The number of rotatable bonds is 6. The van der Waals surface area contributed by atoms with Gasteiger partial charge in [-0.1, -0.05) is 37.3 Å². The summed E-state index contributed by atoms with van der Waals surface area (Å²) in [5.74, 6) is 0.369. The van der Waals surface area contributed by atoms with E-state index in [4.69, 9.17) is 10.5 Å². The van der Waals surface area contributed by atoms with Gasteiger partial charge >= 0.3 is 0 Å². The van der Waals surface area contributed by atoms with E-state index in [1.165, 1.54) is 0 Å². The minimum Gasteiger partial charge on any atom is -0.497 e. The summed E-state index contributed by atoms with van der Waals surface area (Å²) in [6.07, 6.45) is 0.554. The average molecular weight is 284 g/mol. The highest BCUT2D eigenvalue weighted by Crippen LogP contribution is 2.30. The number of hydrogen-bond donors (Lipinski definition) is 2. The van der Waals surface area contributed by atoms with Gasteiger partial charge in [0.25, 0.3) is 0 Å². The molecule has 0 aliphatic rings. The number of amides is 1. The maximum atomic E-state index is 12.1. The van der Waals surface area contributed by atoms with Gasteiger partial charge in [-0.15, -0.1) is 0 Å². The number of benzene rings is 2. The molecule has 110 valence electrons. The molecule has 0 saturated heterocycles. The van der Waals surface area contributed by atoms with Crippen LogP contribution in [0, 0.1) is 0 Å². The first-order valence-corrected chi connectivity index (χ1v) is 6.90. The van der Waals surface area contributed by atoms with E-state index in [-0.39, 0.29) is 0 Å². The van der Waals surface area contributed by atoms with Crippen molar-refractivity contribution in [3.63, 3.8) is 0 Å². The molecule has 3 N–H and O–H groups in total. The number of primary amides is 1. The lowest BCUT2D eigenvalue weighted by Gasteiger charge is -2.32. The quantitative estimate of drug-likeness (QED) is 0.857. The van der Waals surface area contributed by atoms with Crippen molar-refractivity contribution in [2.75, 3.05) is 12.4 Å². The van der Waals surface area contributed by atoms with Crippen LogP contribution in [0.2, 0.25) is 0 Å². The van der Waals surface area contributed by atoms with Crippen molar-refractivity contribution in [2.45, 2.75) is 18.9 Å². The molecule has 4 heteroatoms. The highest BCUT2D eigenvalue weighted by atomic mass is 16.5. The number of methoxy groups -OCH3 is 1. The summed E-state index contributed by atoms with van der Waals surface area (Å²) in [4.78, 5) is 12.1. The van der Waals surface area contributed by atoms with Crippen LogP contribution in [-0.4, -0.2) is 13.0 Å². The Kier molecular flexibility index (Phi) is 4.48. The highest BCUT2D eigenvalue weighted by Gasteiger charge is 2.36. The first-order chi connectivity index (χ1) is 10.1. The molecular formula is C17H20N2O2. The average Bonchev–Trinajstić information content (AvgIpc) is 2.54. The predicted molar refractivity (Wildman–Crippen MR) is 84.2 cm³/mol. The number of anilines is 1. The SMILES string of the molecule is CCC(Nc1ccc(OC)cc1)(C(N)=O)c1ccccc1. The first-order valence-electron chi connectivity index (χ1n) is 6.90. The second kappa shape index (κ2) is 6.31. The molecule has 2 aromatic rings. The second-order valence-corrected chi connectivity index (χ2v) is 4.84. The lowest BCUT2D eigenvalue weighted by atomic mass is 9.86. The predicted octanol–water partition coefficient (Wildman–Crippen LogP) is 2.90. The summed E-state index contributed by atoms with van der Waals surface area (Å²) in [7, 11) is 1.62. The Hall–Kier alpha value is -2.49. The van der Waals surface area contributed by atoms with Crippen LogP contribution in [0.3, 0.4) is 0 Å². The zero-order valence-corrected chi connectivity index (χ0v) is 12.3. The van der Waals surface area contributed by atoms with E-state index in [0.717, 1.165) is 17.0 Å². The Morgan fingerprint density at radius 3 is 2.24 bits per heavy atom. The van der Waals surface area contributed by atoms with E-state index in [1.54, 1.807) is 7.11 Å². The third-order valence-electron chi connectivity index (χ3n) is 3.67. The summed E-state index contributed by atoms with van der Waals surface area (Å²) in [6.45, 7) is 1.94. The van der Waals surface area contributed by atoms with Gasteiger partial charge in [-0.05, 0) is 36.2 Å². The number of nitrogens with two attached hydrogens (primary N) is 1. The minimum absolute atomic E-state index is 0.396. The van der Waals surface area contributed by atoms with Gasteiger partial charge in [-0.2, -0.15) is 0 Å². The molecule has 0 spiro atoms. The van der Waals surface area contributed by atoms with Gasteiger partial charge in [0, 0.05) is 5.69 Å². The fourth-order valence-electron chi connectivity index (χ4n) is 2.39. The van der Waals surface area contributed by atoms with Gasteiger partial charge in [-0.25, -0.2) is 0 Å². The molecule has 4 nitrogen and oxygen atoms in total. The molecule has 2 aromatic carbocycles. The van der Waals surface area contributed by atoms with Gasteiger partial charge < -0.3 is 15.8 Å².